The molecule has 0 aliphatic rings. The van der Waals surface area contributed by atoms with Crippen LogP contribution in [0.1, 0.15) is 47.2 Å². The molecule has 0 amide bonds. The topological polar surface area (TPSA) is 6.48 Å². The minimum atomic E-state index is 0.940. The lowest BCUT2D eigenvalue weighted by molar-refractivity contribution is 0.817. The molecule has 0 aliphatic heterocycles. The molecule has 0 saturated carbocycles. The molecule has 0 fully saturated rings. The summed E-state index contributed by atoms with van der Waals surface area (Å²) >= 11 is 0. The maximum atomic E-state index is 2.46. The van der Waals surface area contributed by atoms with E-state index in [4.69, 9.17) is 0 Å². The molecule has 0 saturated heterocycles. The summed E-state index contributed by atoms with van der Waals surface area (Å²) in [7, 11) is 0. The van der Waals surface area contributed by atoms with Gasteiger partial charge in [0, 0.05) is 37.6 Å². The highest BCUT2D eigenvalue weighted by Gasteiger charge is 2.11. The Morgan fingerprint density at radius 1 is 0.533 bits per heavy atom. The van der Waals surface area contributed by atoms with Crippen LogP contribution in [0.4, 0.5) is 11.4 Å². The molecule has 0 bridgehead atoms. The van der Waals surface area contributed by atoms with Gasteiger partial charge in [-0.3, -0.25) is 0 Å². The molecular weight excluding hydrogens is 364 g/mol. The quantitative estimate of drug-likeness (QED) is 0.403. The summed E-state index contributed by atoms with van der Waals surface area (Å²) in [5.74, 6) is 0. The fourth-order valence-electron chi connectivity index (χ4n) is 4.25. The molecule has 0 unspecified atom stereocenters. The number of hydrogen-bond donors (Lipinski definition) is 0. The average Bonchev–Trinajstić information content (AvgIpc) is 2.72. The Kier molecular flexibility index (Phi) is 7.20. The van der Waals surface area contributed by atoms with Gasteiger partial charge in [-0.25, -0.2) is 0 Å². The van der Waals surface area contributed by atoms with Crippen LogP contribution in [0.25, 0.3) is 0 Å². The van der Waals surface area contributed by atoms with Crippen molar-refractivity contribution in [3.05, 3.63) is 94.0 Å². The van der Waals surface area contributed by atoms with Gasteiger partial charge in [0.15, 0.2) is 0 Å². The first-order valence-corrected chi connectivity index (χ1v) is 11.1. The Hall–Kier alpha value is -2.74. The van der Waals surface area contributed by atoms with Gasteiger partial charge in [0.2, 0.25) is 0 Å². The lowest BCUT2D eigenvalue weighted by Gasteiger charge is -2.27. The van der Waals surface area contributed by atoms with E-state index in [1.54, 1.807) is 0 Å². The molecule has 2 heteroatoms. The van der Waals surface area contributed by atoms with Crippen molar-refractivity contribution in [3.63, 3.8) is 0 Å². The van der Waals surface area contributed by atoms with Crippen LogP contribution in [0, 0.1) is 27.7 Å². The smallest absolute Gasteiger partial charge is 0.0429 e. The first kappa shape index (κ1) is 22.0. The number of rotatable bonds is 8. The Morgan fingerprint density at radius 3 is 1.20 bits per heavy atom. The maximum absolute atomic E-state index is 2.46. The van der Waals surface area contributed by atoms with Crippen LogP contribution in [-0.4, -0.2) is 13.1 Å². The van der Waals surface area contributed by atoms with Gasteiger partial charge in [0.1, 0.15) is 0 Å². The lowest BCUT2D eigenvalue weighted by atomic mass is 10.1. The van der Waals surface area contributed by atoms with E-state index in [1.165, 1.54) is 44.8 Å². The van der Waals surface area contributed by atoms with E-state index < -0.39 is 0 Å². The second-order valence-corrected chi connectivity index (χ2v) is 8.42. The van der Waals surface area contributed by atoms with Crippen molar-refractivity contribution in [3.8, 4) is 0 Å². The van der Waals surface area contributed by atoms with E-state index in [1.807, 2.05) is 0 Å². The van der Waals surface area contributed by atoms with Crippen molar-refractivity contribution in [2.45, 2.75) is 54.6 Å². The van der Waals surface area contributed by atoms with Crippen molar-refractivity contribution < 1.29 is 0 Å². The summed E-state index contributed by atoms with van der Waals surface area (Å²) in [4.78, 5) is 4.91. The predicted molar refractivity (Wildman–Crippen MR) is 132 cm³/mol. The molecule has 3 aromatic carbocycles. The highest BCUT2D eigenvalue weighted by atomic mass is 15.1. The predicted octanol–water partition coefficient (Wildman–Crippen LogP) is 6.97. The summed E-state index contributed by atoms with van der Waals surface area (Å²) < 4.78 is 0. The van der Waals surface area contributed by atoms with Crippen molar-refractivity contribution in [1.29, 1.82) is 0 Å². The van der Waals surface area contributed by atoms with Crippen molar-refractivity contribution in [2.75, 3.05) is 22.9 Å². The Morgan fingerprint density at radius 2 is 0.900 bits per heavy atom. The van der Waals surface area contributed by atoms with Gasteiger partial charge in [-0.2, -0.15) is 0 Å². The Labute approximate surface area is 183 Å². The molecule has 0 N–H and O–H groups in total. The number of hydrogen-bond acceptors (Lipinski definition) is 2. The highest BCUT2D eigenvalue weighted by molar-refractivity contribution is 5.56. The Bertz CT molecular complexity index is 892. The van der Waals surface area contributed by atoms with Crippen LogP contribution in [-0.2, 0) is 13.1 Å². The van der Waals surface area contributed by atoms with Crippen molar-refractivity contribution in [1.82, 2.24) is 0 Å². The third kappa shape index (κ3) is 5.24. The second kappa shape index (κ2) is 9.84. The normalized spacial score (nSPS) is 10.9. The number of anilines is 2. The molecule has 0 spiro atoms. The molecule has 2 nitrogen and oxygen atoms in total. The van der Waals surface area contributed by atoms with Crippen molar-refractivity contribution in [2.24, 2.45) is 0 Å². The van der Waals surface area contributed by atoms with E-state index >= 15 is 0 Å². The van der Waals surface area contributed by atoms with E-state index in [-0.39, 0.29) is 0 Å². The zero-order valence-corrected chi connectivity index (χ0v) is 19.5. The molecule has 0 aliphatic carbocycles. The van der Waals surface area contributed by atoms with Crippen LogP contribution in [0.5, 0.6) is 0 Å². The minimum absolute atomic E-state index is 0.940. The SMILES string of the molecule is CCN(Cc1ccc(CN(CC)c2ccc(C)cc2C)cc1)c1ccc(C)cc1C. The zero-order valence-electron chi connectivity index (χ0n) is 19.5. The summed E-state index contributed by atoms with van der Waals surface area (Å²) in [5.41, 5.74) is 10.7. The zero-order chi connectivity index (χ0) is 21.7. The van der Waals surface area contributed by atoms with Gasteiger partial charge in [-0.1, -0.05) is 59.7 Å². The number of nitrogens with zero attached hydrogens (tertiary/aromatic N) is 2. The molecule has 0 heterocycles. The lowest BCUT2D eigenvalue weighted by Crippen LogP contribution is -2.23. The van der Waals surface area contributed by atoms with Gasteiger partial charge in [-0.15, -0.1) is 0 Å². The molecular formula is C28H36N2. The monoisotopic (exact) mass is 400 g/mol. The minimum Gasteiger partial charge on any atom is -0.367 e. The van der Waals surface area contributed by atoms with E-state index in [2.05, 4.69) is 112 Å². The third-order valence-electron chi connectivity index (χ3n) is 5.92. The average molecular weight is 401 g/mol. The molecule has 0 aromatic heterocycles. The second-order valence-electron chi connectivity index (χ2n) is 8.42. The van der Waals surface area contributed by atoms with E-state index in [0.717, 1.165) is 26.2 Å². The molecule has 158 valence electrons. The summed E-state index contributed by atoms with van der Waals surface area (Å²) in [6.45, 7) is 17.1. The van der Waals surface area contributed by atoms with Gasteiger partial charge >= 0.3 is 0 Å². The summed E-state index contributed by atoms with van der Waals surface area (Å²) in [6.07, 6.45) is 0. The van der Waals surface area contributed by atoms with Gasteiger partial charge in [0.25, 0.3) is 0 Å². The fourth-order valence-corrected chi connectivity index (χ4v) is 4.25. The molecule has 0 radical (unpaired) electrons. The van der Waals surface area contributed by atoms with E-state index in [9.17, 15) is 0 Å². The molecule has 3 rings (SSSR count). The summed E-state index contributed by atoms with van der Waals surface area (Å²) in [6, 6.07) is 22.6. The van der Waals surface area contributed by atoms with Crippen LogP contribution < -0.4 is 9.80 Å². The van der Waals surface area contributed by atoms with Crippen LogP contribution in [0.2, 0.25) is 0 Å². The third-order valence-corrected chi connectivity index (χ3v) is 5.92. The first-order chi connectivity index (χ1) is 14.4. The number of aryl methyl sites for hydroxylation is 4. The Balaban J connectivity index is 1.72. The van der Waals surface area contributed by atoms with Crippen LogP contribution >= 0.6 is 0 Å². The highest BCUT2D eigenvalue weighted by Crippen LogP contribution is 2.25. The largest absolute Gasteiger partial charge is 0.367 e. The standard InChI is InChI=1S/C28H36N2/c1-7-29(27-15-9-21(3)17-23(27)5)19-25-11-13-26(14-12-25)20-30(8-2)28-16-10-22(4)18-24(28)6/h9-18H,7-8,19-20H2,1-6H3. The summed E-state index contributed by atoms with van der Waals surface area (Å²) in [5, 5.41) is 0. The maximum Gasteiger partial charge on any atom is 0.0429 e. The first-order valence-electron chi connectivity index (χ1n) is 11.1. The van der Waals surface area contributed by atoms with Crippen LogP contribution in [0.15, 0.2) is 60.7 Å². The number of benzene rings is 3. The van der Waals surface area contributed by atoms with Gasteiger partial charge in [0.05, 0.1) is 0 Å². The van der Waals surface area contributed by atoms with Crippen LogP contribution in [0.3, 0.4) is 0 Å². The van der Waals surface area contributed by atoms with Gasteiger partial charge < -0.3 is 9.80 Å². The van der Waals surface area contributed by atoms with E-state index in [0.29, 0.717) is 0 Å². The van der Waals surface area contributed by atoms with Gasteiger partial charge in [-0.05, 0) is 75.9 Å². The molecule has 30 heavy (non-hydrogen) atoms. The van der Waals surface area contributed by atoms with Crippen molar-refractivity contribution >= 4 is 11.4 Å². The molecule has 0 atom stereocenters. The molecule has 3 aromatic rings. The fraction of sp³-hybridized carbons (Fsp3) is 0.357.